The topological polar surface area (TPSA) is 89.1 Å². The molecule has 7 nitrogen and oxygen atoms in total. The summed E-state index contributed by atoms with van der Waals surface area (Å²) in [6, 6.07) is -0.0908. The van der Waals surface area contributed by atoms with Gasteiger partial charge < -0.3 is 14.4 Å². The molecule has 0 aromatic carbocycles. The summed E-state index contributed by atoms with van der Waals surface area (Å²) in [5, 5.41) is 9.42. The van der Waals surface area contributed by atoms with Crippen LogP contribution < -0.4 is 5.32 Å². The lowest BCUT2D eigenvalue weighted by molar-refractivity contribution is 0.219. The minimum Gasteiger partial charge on any atom is -0.352 e. The Balaban J connectivity index is 2.51. The van der Waals surface area contributed by atoms with Crippen molar-refractivity contribution < 1.29 is 13.6 Å². The van der Waals surface area contributed by atoms with E-state index in [1.54, 1.807) is 13.8 Å². The fourth-order valence-corrected chi connectivity index (χ4v) is 3.26. The van der Waals surface area contributed by atoms with E-state index in [1.807, 2.05) is 6.92 Å². The van der Waals surface area contributed by atoms with Crippen LogP contribution in [0, 0.1) is 0 Å². The zero-order valence-corrected chi connectivity index (χ0v) is 11.2. The summed E-state index contributed by atoms with van der Waals surface area (Å²) in [5.41, 5.74) is 0. The van der Waals surface area contributed by atoms with E-state index in [9.17, 15) is 4.57 Å². The number of rotatable bonds is 8. The molecule has 0 saturated carbocycles. The number of anilines is 1. The zero-order chi connectivity index (χ0) is 12.7. The van der Waals surface area contributed by atoms with Gasteiger partial charge in [-0.05, 0) is 20.8 Å². The van der Waals surface area contributed by atoms with Crippen molar-refractivity contribution in [3.63, 3.8) is 0 Å². The Morgan fingerprint density at radius 2 is 2.12 bits per heavy atom. The van der Waals surface area contributed by atoms with Gasteiger partial charge >= 0.3 is 7.60 Å². The van der Waals surface area contributed by atoms with Gasteiger partial charge in [0.2, 0.25) is 5.95 Å². The van der Waals surface area contributed by atoms with Crippen molar-refractivity contribution in [2.75, 3.05) is 24.7 Å². The highest BCUT2D eigenvalue weighted by Gasteiger charge is 2.26. The molecule has 1 atom stereocenters. The predicted molar refractivity (Wildman–Crippen MR) is 65.2 cm³/mol. The van der Waals surface area contributed by atoms with Crippen LogP contribution in [0.25, 0.3) is 0 Å². The number of nitrogens with one attached hydrogen (secondary N) is 2. The van der Waals surface area contributed by atoms with Gasteiger partial charge in [0.15, 0.2) is 0 Å². The van der Waals surface area contributed by atoms with Crippen LogP contribution in [-0.2, 0) is 13.6 Å². The fourth-order valence-electron chi connectivity index (χ4n) is 1.43. The van der Waals surface area contributed by atoms with Gasteiger partial charge in [-0.15, -0.1) is 0 Å². The second-order valence-corrected chi connectivity index (χ2v) is 5.61. The second kappa shape index (κ2) is 6.74. The number of aromatic nitrogens is 3. The molecule has 0 amide bonds. The van der Waals surface area contributed by atoms with Crippen molar-refractivity contribution in [3.8, 4) is 0 Å². The molecule has 0 fully saturated rings. The van der Waals surface area contributed by atoms with E-state index in [4.69, 9.17) is 9.05 Å². The summed E-state index contributed by atoms with van der Waals surface area (Å²) in [6.45, 7) is 6.20. The molecular formula is C9H19N4O3P. The number of hydrogen-bond donors (Lipinski definition) is 2. The second-order valence-electron chi connectivity index (χ2n) is 3.51. The molecule has 0 aliphatic heterocycles. The predicted octanol–water partition coefficient (Wildman–Crippen LogP) is 1.87. The van der Waals surface area contributed by atoms with Crippen LogP contribution in [-0.4, -0.2) is 40.6 Å². The smallest absolute Gasteiger partial charge is 0.332 e. The van der Waals surface area contributed by atoms with E-state index in [1.165, 1.54) is 6.33 Å². The monoisotopic (exact) mass is 262 g/mol. The minimum atomic E-state index is -3.02. The number of H-pyrrole nitrogens is 1. The molecule has 0 spiro atoms. The Labute approximate surface area is 101 Å². The number of aromatic amines is 1. The molecule has 0 bridgehead atoms. The summed E-state index contributed by atoms with van der Waals surface area (Å²) in [5.74, 6) is 0.539. The Hall–Kier alpha value is -0.910. The lowest BCUT2D eigenvalue weighted by atomic mass is 10.4. The molecule has 1 rings (SSSR count). The van der Waals surface area contributed by atoms with Crippen molar-refractivity contribution in [2.45, 2.75) is 26.8 Å². The molecular weight excluding hydrogens is 243 g/mol. The molecule has 1 aromatic heterocycles. The van der Waals surface area contributed by atoms with E-state index in [0.29, 0.717) is 19.2 Å². The normalized spacial score (nSPS) is 13.6. The lowest BCUT2D eigenvalue weighted by Crippen LogP contribution is -2.22. The molecule has 0 aliphatic rings. The Kier molecular flexibility index (Phi) is 5.61. The average Bonchev–Trinajstić information content (AvgIpc) is 2.70. The maximum atomic E-state index is 12.2. The third kappa shape index (κ3) is 4.85. The van der Waals surface area contributed by atoms with Gasteiger partial charge in [-0.25, -0.2) is 10.1 Å². The highest BCUT2D eigenvalue weighted by atomic mass is 31.2. The molecule has 2 N–H and O–H groups in total. The van der Waals surface area contributed by atoms with Gasteiger partial charge in [-0.3, -0.25) is 4.57 Å². The summed E-state index contributed by atoms with van der Waals surface area (Å²) >= 11 is 0. The standard InChI is InChI=1S/C9H19N4O3P/c1-4-15-17(14,16-5-2)6-8(3)12-9-10-7-11-13-9/h7-8H,4-6H2,1-3H3,(H2,10,11,12,13). The molecule has 0 radical (unpaired) electrons. The van der Waals surface area contributed by atoms with Crippen LogP contribution >= 0.6 is 7.60 Å². The first-order chi connectivity index (χ1) is 8.09. The van der Waals surface area contributed by atoms with Crippen molar-refractivity contribution >= 4 is 13.5 Å². The zero-order valence-electron chi connectivity index (χ0n) is 10.3. The van der Waals surface area contributed by atoms with Crippen LogP contribution in [0.4, 0.5) is 5.95 Å². The van der Waals surface area contributed by atoms with Crippen molar-refractivity contribution in [1.29, 1.82) is 0 Å². The molecule has 17 heavy (non-hydrogen) atoms. The van der Waals surface area contributed by atoms with Crippen molar-refractivity contribution in [1.82, 2.24) is 15.2 Å². The van der Waals surface area contributed by atoms with Crippen LogP contribution in [0.1, 0.15) is 20.8 Å². The number of hydrogen-bond acceptors (Lipinski definition) is 6. The Morgan fingerprint density at radius 1 is 1.47 bits per heavy atom. The first-order valence-corrected chi connectivity index (χ1v) is 7.32. The first-order valence-electron chi connectivity index (χ1n) is 5.59. The Bertz CT molecular complexity index is 347. The van der Waals surface area contributed by atoms with Crippen molar-refractivity contribution in [3.05, 3.63) is 6.33 Å². The van der Waals surface area contributed by atoms with Crippen LogP contribution in [0.5, 0.6) is 0 Å². The minimum absolute atomic E-state index is 0.0908. The van der Waals surface area contributed by atoms with E-state index < -0.39 is 7.60 Å². The highest BCUT2D eigenvalue weighted by molar-refractivity contribution is 7.53. The van der Waals surface area contributed by atoms with Gasteiger partial charge in [-0.2, -0.15) is 5.10 Å². The van der Waals surface area contributed by atoms with Crippen LogP contribution in [0.15, 0.2) is 6.33 Å². The van der Waals surface area contributed by atoms with E-state index in [0.717, 1.165) is 0 Å². The van der Waals surface area contributed by atoms with Gasteiger partial charge in [-0.1, -0.05) is 0 Å². The molecule has 0 aliphatic carbocycles. The fraction of sp³-hybridized carbons (Fsp3) is 0.778. The summed E-state index contributed by atoms with van der Waals surface area (Å²) in [6.07, 6.45) is 1.69. The quantitative estimate of drug-likeness (QED) is 0.695. The SMILES string of the molecule is CCOP(=O)(CC(C)Nc1ncn[nH]1)OCC. The van der Waals surface area contributed by atoms with Gasteiger partial charge in [0.1, 0.15) is 6.33 Å². The average molecular weight is 262 g/mol. The maximum Gasteiger partial charge on any atom is 0.332 e. The maximum absolute atomic E-state index is 12.2. The molecule has 1 heterocycles. The summed E-state index contributed by atoms with van der Waals surface area (Å²) in [4.78, 5) is 3.93. The largest absolute Gasteiger partial charge is 0.352 e. The highest BCUT2D eigenvalue weighted by Crippen LogP contribution is 2.48. The van der Waals surface area contributed by atoms with Crippen LogP contribution in [0.2, 0.25) is 0 Å². The van der Waals surface area contributed by atoms with Crippen LogP contribution in [0.3, 0.4) is 0 Å². The molecule has 1 aromatic rings. The summed E-state index contributed by atoms with van der Waals surface area (Å²) in [7, 11) is -3.02. The van der Waals surface area contributed by atoms with Gasteiger partial charge in [0.25, 0.3) is 0 Å². The van der Waals surface area contributed by atoms with Gasteiger partial charge in [0.05, 0.1) is 19.4 Å². The first kappa shape index (κ1) is 14.2. The molecule has 1 unspecified atom stereocenters. The molecule has 8 heteroatoms. The van der Waals surface area contributed by atoms with E-state index in [2.05, 4.69) is 20.5 Å². The lowest BCUT2D eigenvalue weighted by Gasteiger charge is -2.21. The van der Waals surface area contributed by atoms with Crippen molar-refractivity contribution in [2.24, 2.45) is 0 Å². The third-order valence-electron chi connectivity index (χ3n) is 1.95. The Morgan fingerprint density at radius 3 is 2.59 bits per heavy atom. The molecule has 98 valence electrons. The summed E-state index contributed by atoms with van der Waals surface area (Å²) < 4.78 is 22.6. The number of nitrogens with zero attached hydrogens (tertiary/aromatic N) is 2. The van der Waals surface area contributed by atoms with Gasteiger partial charge in [0, 0.05) is 6.04 Å². The van der Waals surface area contributed by atoms with E-state index >= 15 is 0 Å². The molecule has 0 saturated heterocycles. The van der Waals surface area contributed by atoms with E-state index in [-0.39, 0.29) is 12.2 Å². The third-order valence-corrected chi connectivity index (χ3v) is 4.25.